The molecule has 0 saturated carbocycles. The molecule has 110 valence electrons. The molecular weight excluding hydrogens is 288 g/mol. The van der Waals surface area contributed by atoms with Gasteiger partial charge in [0.1, 0.15) is 6.17 Å². The summed E-state index contributed by atoms with van der Waals surface area (Å²) in [4.78, 5) is 15.1. The molecule has 2 fully saturated rings. The third kappa shape index (κ3) is 2.40. The van der Waals surface area contributed by atoms with Gasteiger partial charge in [-0.05, 0) is 54.3 Å². The molecule has 1 amide bonds. The van der Waals surface area contributed by atoms with Gasteiger partial charge in [0.25, 0.3) is 0 Å². The summed E-state index contributed by atoms with van der Waals surface area (Å²) in [7, 11) is 0. The molecule has 0 aromatic carbocycles. The van der Waals surface area contributed by atoms with Crippen LogP contribution >= 0.6 is 23.1 Å². The number of amides is 1. The number of carbonyl (C=O) groups is 1. The summed E-state index contributed by atoms with van der Waals surface area (Å²) >= 11 is 3.68. The van der Waals surface area contributed by atoms with Gasteiger partial charge in [-0.3, -0.25) is 10.1 Å². The number of nitrogens with one attached hydrogen (secondary N) is 1. The normalized spacial score (nSPS) is 34.7. The summed E-state index contributed by atoms with van der Waals surface area (Å²) in [5, 5.41) is 7.85. The molecule has 0 radical (unpaired) electrons. The van der Waals surface area contributed by atoms with Crippen molar-refractivity contribution >= 4 is 29.0 Å². The van der Waals surface area contributed by atoms with Gasteiger partial charge in [0.15, 0.2) is 0 Å². The molecular formula is C15H22N2OS2. The Labute approximate surface area is 129 Å². The zero-order valence-electron chi connectivity index (χ0n) is 12.1. The predicted octanol–water partition coefficient (Wildman–Crippen LogP) is 3.24. The minimum absolute atomic E-state index is 0.0578. The first-order valence-electron chi connectivity index (χ1n) is 7.36. The van der Waals surface area contributed by atoms with Crippen molar-refractivity contribution in [3.05, 3.63) is 22.4 Å². The van der Waals surface area contributed by atoms with Gasteiger partial charge in [0.05, 0.1) is 5.54 Å². The summed E-state index contributed by atoms with van der Waals surface area (Å²) in [6, 6.07) is 2.52. The zero-order valence-corrected chi connectivity index (χ0v) is 13.7. The van der Waals surface area contributed by atoms with E-state index in [1.54, 1.807) is 11.3 Å². The molecule has 2 aliphatic heterocycles. The van der Waals surface area contributed by atoms with Gasteiger partial charge < -0.3 is 4.90 Å². The van der Waals surface area contributed by atoms with Crippen LogP contribution in [0.25, 0.3) is 0 Å². The maximum Gasteiger partial charge on any atom is 0.244 e. The zero-order chi connectivity index (χ0) is 14.2. The van der Waals surface area contributed by atoms with E-state index < -0.39 is 5.54 Å². The highest BCUT2D eigenvalue weighted by Crippen LogP contribution is 2.37. The van der Waals surface area contributed by atoms with Crippen molar-refractivity contribution < 1.29 is 4.79 Å². The first kappa shape index (κ1) is 14.4. The lowest BCUT2D eigenvalue weighted by Crippen LogP contribution is -2.46. The number of hydrogen-bond donors (Lipinski definition) is 1. The van der Waals surface area contributed by atoms with E-state index in [4.69, 9.17) is 0 Å². The molecule has 3 atom stereocenters. The van der Waals surface area contributed by atoms with Gasteiger partial charge >= 0.3 is 0 Å². The van der Waals surface area contributed by atoms with Crippen molar-refractivity contribution in [1.82, 2.24) is 10.2 Å². The van der Waals surface area contributed by atoms with E-state index in [1.807, 2.05) is 18.7 Å². The molecule has 0 spiro atoms. The fraction of sp³-hybridized carbons (Fsp3) is 0.667. The molecule has 3 heterocycles. The fourth-order valence-corrected chi connectivity index (χ4v) is 4.90. The maximum absolute atomic E-state index is 12.9. The molecule has 1 aromatic heterocycles. The van der Waals surface area contributed by atoms with Gasteiger partial charge in [0, 0.05) is 11.8 Å². The van der Waals surface area contributed by atoms with Crippen molar-refractivity contribution in [2.24, 2.45) is 0 Å². The third-order valence-corrected chi connectivity index (χ3v) is 6.43. The molecule has 2 aliphatic rings. The molecule has 3 unspecified atom stereocenters. The molecule has 1 N–H and O–H groups in total. The van der Waals surface area contributed by atoms with Crippen LogP contribution < -0.4 is 5.32 Å². The smallest absolute Gasteiger partial charge is 0.244 e. The van der Waals surface area contributed by atoms with Crippen molar-refractivity contribution in [3.8, 4) is 0 Å². The Kier molecular flexibility index (Phi) is 4.11. The Bertz CT molecular complexity index is 470. The number of thiophene rings is 1. The maximum atomic E-state index is 12.9. The number of rotatable bonds is 3. The molecule has 0 aliphatic carbocycles. The highest BCUT2D eigenvalue weighted by molar-refractivity contribution is 7.99. The van der Waals surface area contributed by atoms with Gasteiger partial charge in [-0.2, -0.15) is 23.1 Å². The van der Waals surface area contributed by atoms with Crippen LogP contribution in [0, 0.1) is 0 Å². The van der Waals surface area contributed by atoms with Crippen LogP contribution in [0.5, 0.6) is 0 Å². The van der Waals surface area contributed by atoms with Crippen molar-refractivity contribution in [2.45, 2.75) is 50.9 Å². The van der Waals surface area contributed by atoms with Crippen LogP contribution in [0.3, 0.4) is 0 Å². The first-order chi connectivity index (χ1) is 9.65. The van der Waals surface area contributed by atoms with E-state index in [0.29, 0.717) is 6.04 Å². The summed E-state index contributed by atoms with van der Waals surface area (Å²) in [6.45, 7) is 4.14. The number of hydrogen-bond acceptors (Lipinski definition) is 4. The Morgan fingerprint density at radius 1 is 1.55 bits per heavy atom. The summed E-state index contributed by atoms with van der Waals surface area (Å²) in [5.41, 5.74) is 0.824. The second-order valence-corrected chi connectivity index (χ2v) is 7.80. The summed E-state index contributed by atoms with van der Waals surface area (Å²) in [6.07, 6.45) is 3.25. The average Bonchev–Trinajstić information content (AvgIpc) is 3.08. The topological polar surface area (TPSA) is 32.3 Å². The van der Waals surface area contributed by atoms with Crippen LogP contribution in [0.15, 0.2) is 16.8 Å². The predicted molar refractivity (Wildman–Crippen MR) is 86.1 cm³/mol. The van der Waals surface area contributed by atoms with Crippen LogP contribution in [0.4, 0.5) is 0 Å². The van der Waals surface area contributed by atoms with Crippen LogP contribution in [0.2, 0.25) is 0 Å². The van der Waals surface area contributed by atoms with E-state index in [0.717, 1.165) is 18.6 Å². The second kappa shape index (κ2) is 5.70. The number of nitrogens with zero attached hydrogens (tertiary/aromatic N) is 1. The SMILES string of the molecule is CCC1(C)NC(c2ccsc2)N(C2CCCSC2)C1=O. The lowest BCUT2D eigenvalue weighted by Gasteiger charge is -2.34. The summed E-state index contributed by atoms with van der Waals surface area (Å²) < 4.78 is 0. The van der Waals surface area contributed by atoms with Gasteiger partial charge in [0.2, 0.25) is 5.91 Å². The van der Waals surface area contributed by atoms with Crippen LogP contribution in [-0.4, -0.2) is 33.9 Å². The Hall–Kier alpha value is -0.520. The molecule has 1 aromatic rings. The molecule has 5 heteroatoms. The minimum atomic E-state index is -0.408. The lowest BCUT2D eigenvalue weighted by atomic mass is 9.98. The Morgan fingerprint density at radius 2 is 2.40 bits per heavy atom. The monoisotopic (exact) mass is 310 g/mol. The van der Waals surface area contributed by atoms with E-state index in [-0.39, 0.29) is 12.1 Å². The third-order valence-electron chi connectivity index (χ3n) is 4.54. The molecule has 20 heavy (non-hydrogen) atoms. The van der Waals surface area contributed by atoms with Crippen molar-refractivity contribution in [1.29, 1.82) is 0 Å². The minimum Gasteiger partial charge on any atom is -0.317 e. The van der Waals surface area contributed by atoms with E-state index in [2.05, 4.69) is 34.0 Å². The van der Waals surface area contributed by atoms with E-state index >= 15 is 0 Å². The average molecular weight is 310 g/mol. The van der Waals surface area contributed by atoms with Gasteiger partial charge in [-0.1, -0.05) is 6.92 Å². The highest BCUT2D eigenvalue weighted by atomic mass is 32.2. The second-order valence-electron chi connectivity index (χ2n) is 5.87. The lowest BCUT2D eigenvalue weighted by molar-refractivity contribution is -0.135. The van der Waals surface area contributed by atoms with Crippen LogP contribution in [0.1, 0.15) is 44.8 Å². The van der Waals surface area contributed by atoms with E-state index in [9.17, 15) is 4.79 Å². The summed E-state index contributed by atoms with van der Waals surface area (Å²) in [5.74, 6) is 2.59. The highest BCUT2D eigenvalue weighted by Gasteiger charge is 2.49. The van der Waals surface area contributed by atoms with Crippen molar-refractivity contribution in [2.75, 3.05) is 11.5 Å². The quantitative estimate of drug-likeness (QED) is 0.930. The number of carbonyl (C=O) groups excluding carboxylic acids is 1. The largest absolute Gasteiger partial charge is 0.317 e. The van der Waals surface area contributed by atoms with E-state index in [1.165, 1.54) is 17.7 Å². The Morgan fingerprint density at radius 3 is 3.00 bits per heavy atom. The number of thioether (sulfide) groups is 1. The Balaban J connectivity index is 1.91. The molecule has 3 nitrogen and oxygen atoms in total. The molecule has 2 saturated heterocycles. The van der Waals surface area contributed by atoms with Crippen molar-refractivity contribution in [3.63, 3.8) is 0 Å². The molecule has 3 rings (SSSR count). The first-order valence-corrected chi connectivity index (χ1v) is 9.46. The molecule has 0 bridgehead atoms. The fourth-order valence-electron chi connectivity index (χ4n) is 3.08. The standard InChI is InChI=1S/C15H22N2OS2/c1-3-15(2)14(18)17(12-5-4-7-19-10-12)13(16-15)11-6-8-20-9-11/h6,8-9,12-13,16H,3-5,7,10H2,1-2H3. The van der Waals surface area contributed by atoms with Gasteiger partial charge in [-0.15, -0.1) is 0 Å². The van der Waals surface area contributed by atoms with Crippen LogP contribution in [-0.2, 0) is 4.79 Å². The van der Waals surface area contributed by atoms with Gasteiger partial charge in [-0.25, -0.2) is 0 Å².